The first-order chi connectivity index (χ1) is 15.4. The van der Waals surface area contributed by atoms with Crippen LogP contribution in [0.1, 0.15) is 12.0 Å². The molecule has 0 spiro atoms. The van der Waals surface area contributed by atoms with Gasteiger partial charge in [0, 0.05) is 23.3 Å². The molecule has 0 radical (unpaired) electrons. The number of anilines is 1. The maximum Gasteiger partial charge on any atom is 0.229 e. The van der Waals surface area contributed by atoms with Gasteiger partial charge in [-0.05, 0) is 35.9 Å². The first-order valence-corrected chi connectivity index (χ1v) is 13.7. The minimum absolute atomic E-state index is 0.0142. The van der Waals surface area contributed by atoms with Gasteiger partial charge in [0.25, 0.3) is 0 Å². The van der Waals surface area contributed by atoms with Crippen molar-refractivity contribution in [2.24, 2.45) is 0 Å². The van der Waals surface area contributed by atoms with Crippen LogP contribution in [-0.4, -0.2) is 31.3 Å². The third kappa shape index (κ3) is 5.56. The summed E-state index contributed by atoms with van der Waals surface area (Å²) >= 11 is 2.98. The molecule has 4 rings (SSSR count). The molecule has 0 saturated carbocycles. The fraction of sp³-hybridized carbons (Fsp3) is 0.167. The standard InChI is InChI=1S/C24H22N2O3S3/c1-32(28,29)20-12-13-21-22(16-20)31-24(25-21)26(17-18-8-4-2-5-9-18)23(27)14-15-30-19-10-6-3-7-11-19/h2-13,16H,14-15,17H2,1H3. The first-order valence-electron chi connectivity index (χ1n) is 10.0. The molecule has 0 saturated heterocycles. The van der Waals surface area contributed by atoms with Crippen LogP contribution in [0.5, 0.6) is 0 Å². The minimum atomic E-state index is -3.31. The highest BCUT2D eigenvalue weighted by Gasteiger charge is 2.21. The SMILES string of the molecule is CS(=O)(=O)c1ccc2nc(N(Cc3ccccc3)C(=O)CCSc3ccccc3)sc2c1. The van der Waals surface area contributed by atoms with Crippen molar-refractivity contribution in [1.82, 2.24) is 4.98 Å². The number of fused-ring (bicyclic) bond motifs is 1. The summed E-state index contributed by atoms with van der Waals surface area (Å²) in [5.41, 5.74) is 1.69. The van der Waals surface area contributed by atoms with Crippen LogP contribution in [0.3, 0.4) is 0 Å². The topological polar surface area (TPSA) is 67.3 Å². The number of amides is 1. The van der Waals surface area contributed by atoms with Gasteiger partial charge in [-0.3, -0.25) is 9.69 Å². The van der Waals surface area contributed by atoms with Gasteiger partial charge in [0.15, 0.2) is 15.0 Å². The van der Waals surface area contributed by atoms with Crippen LogP contribution in [0.25, 0.3) is 10.2 Å². The molecule has 1 heterocycles. The molecular formula is C24H22N2O3S3. The predicted octanol–water partition coefficient (Wildman–Crippen LogP) is 5.42. The van der Waals surface area contributed by atoms with E-state index < -0.39 is 9.84 Å². The monoisotopic (exact) mass is 482 g/mol. The van der Waals surface area contributed by atoms with E-state index in [1.807, 2.05) is 60.7 Å². The Morgan fingerprint density at radius 2 is 1.69 bits per heavy atom. The number of carbonyl (C=O) groups is 1. The number of hydrogen-bond acceptors (Lipinski definition) is 6. The quantitative estimate of drug-likeness (QED) is 0.314. The number of hydrogen-bond donors (Lipinski definition) is 0. The zero-order chi connectivity index (χ0) is 22.6. The van der Waals surface area contributed by atoms with Gasteiger partial charge in [-0.25, -0.2) is 13.4 Å². The summed E-state index contributed by atoms with van der Waals surface area (Å²) in [5.74, 6) is 0.650. The molecule has 4 aromatic rings. The summed E-state index contributed by atoms with van der Waals surface area (Å²) in [7, 11) is -3.31. The van der Waals surface area contributed by atoms with Gasteiger partial charge in [0.1, 0.15) is 0 Å². The molecule has 0 unspecified atom stereocenters. The Morgan fingerprint density at radius 1 is 1.00 bits per heavy atom. The zero-order valence-electron chi connectivity index (χ0n) is 17.5. The summed E-state index contributed by atoms with van der Waals surface area (Å²) in [4.78, 5) is 20.9. The van der Waals surface area contributed by atoms with E-state index in [9.17, 15) is 13.2 Å². The van der Waals surface area contributed by atoms with Gasteiger partial charge in [0.05, 0.1) is 21.7 Å². The van der Waals surface area contributed by atoms with E-state index in [4.69, 9.17) is 0 Å². The third-order valence-electron chi connectivity index (χ3n) is 4.82. The first kappa shape index (κ1) is 22.5. The zero-order valence-corrected chi connectivity index (χ0v) is 19.9. The molecule has 5 nitrogen and oxygen atoms in total. The van der Waals surface area contributed by atoms with E-state index in [0.717, 1.165) is 15.2 Å². The van der Waals surface area contributed by atoms with E-state index in [0.29, 0.717) is 29.4 Å². The molecular weight excluding hydrogens is 460 g/mol. The normalized spacial score (nSPS) is 11.5. The Hall–Kier alpha value is -2.68. The smallest absolute Gasteiger partial charge is 0.229 e. The van der Waals surface area contributed by atoms with Gasteiger partial charge in [0.2, 0.25) is 5.91 Å². The molecule has 3 aromatic carbocycles. The fourth-order valence-electron chi connectivity index (χ4n) is 3.18. The third-order valence-corrected chi connectivity index (χ3v) is 7.99. The Kier molecular flexibility index (Phi) is 6.93. The average molecular weight is 483 g/mol. The largest absolute Gasteiger partial charge is 0.284 e. The van der Waals surface area contributed by atoms with Gasteiger partial charge < -0.3 is 0 Å². The molecule has 32 heavy (non-hydrogen) atoms. The van der Waals surface area contributed by atoms with Gasteiger partial charge >= 0.3 is 0 Å². The van der Waals surface area contributed by atoms with Crippen LogP contribution >= 0.6 is 23.1 Å². The molecule has 8 heteroatoms. The summed E-state index contributed by atoms with van der Waals surface area (Å²) < 4.78 is 24.6. The highest BCUT2D eigenvalue weighted by atomic mass is 32.2. The van der Waals surface area contributed by atoms with Crippen molar-refractivity contribution in [3.05, 3.63) is 84.4 Å². The predicted molar refractivity (Wildman–Crippen MR) is 132 cm³/mol. The van der Waals surface area contributed by atoms with Crippen molar-refractivity contribution in [1.29, 1.82) is 0 Å². The van der Waals surface area contributed by atoms with E-state index >= 15 is 0 Å². The number of sulfone groups is 1. The number of carbonyl (C=O) groups excluding carboxylic acids is 1. The van der Waals surface area contributed by atoms with Crippen molar-refractivity contribution in [2.75, 3.05) is 16.9 Å². The summed E-state index contributed by atoms with van der Waals surface area (Å²) in [6.45, 7) is 0.411. The van der Waals surface area contributed by atoms with E-state index in [1.165, 1.54) is 17.6 Å². The molecule has 0 aliphatic carbocycles. The van der Waals surface area contributed by atoms with Gasteiger partial charge in [-0.2, -0.15) is 0 Å². The van der Waals surface area contributed by atoms with Crippen molar-refractivity contribution >= 4 is 54.2 Å². The second kappa shape index (κ2) is 9.85. The maximum atomic E-state index is 13.2. The molecule has 0 aliphatic heterocycles. The summed E-state index contributed by atoms with van der Waals surface area (Å²) in [5, 5.41) is 0.573. The number of thioether (sulfide) groups is 1. The number of nitrogens with zero attached hydrogens (tertiary/aromatic N) is 2. The lowest BCUT2D eigenvalue weighted by Gasteiger charge is -2.20. The van der Waals surface area contributed by atoms with Gasteiger partial charge in [-0.1, -0.05) is 59.9 Å². The molecule has 0 N–H and O–H groups in total. The second-order valence-corrected chi connectivity index (χ2v) is 11.5. The Balaban J connectivity index is 1.59. The van der Waals surface area contributed by atoms with Crippen molar-refractivity contribution in [2.45, 2.75) is 22.8 Å². The lowest BCUT2D eigenvalue weighted by atomic mass is 10.2. The van der Waals surface area contributed by atoms with Crippen molar-refractivity contribution < 1.29 is 13.2 Å². The summed E-state index contributed by atoms with van der Waals surface area (Å²) in [6.07, 6.45) is 1.56. The second-order valence-electron chi connectivity index (χ2n) is 7.28. The van der Waals surface area contributed by atoms with E-state index in [1.54, 1.807) is 34.9 Å². The molecule has 0 bridgehead atoms. The van der Waals surface area contributed by atoms with Crippen LogP contribution in [0.4, 0.5) is 5.13 Å². The van der Waals surface area contributed by atoms with Crippen LogP contribution in [0, 0.1) is 0 Å². The molecule has 1 aromatic heterocycles. The van der Waals surface area contributed by atoms with Crippen molar-refractivity contribution in [3.63, 3.8) is 0 Å². The summed E-state index contributed by atoms with van der Waals surface area (Å²) in [6, 6.07) is 24.7. The van der Waals surface area contributed by atoms with E-state index in [-0.39, 0.29) is 10.8 Å². The van der Waals surface area contributed by atoms with Crippen LogP contribution < -0.4 is 4.90 Å². The number of rotatable bonds is 8. The number of benzene rings is 3. The molecule has 0 atom stereocenters. The number of aromatic nitrogens is 1. The number of thiazole rings is 1. The Bertz CT molecular complexity index is 1320. The molecule has 0 fully saturated rings. The molecule has 1 amide bonds. The lowest BCUT2D eigenvalue weighted by molar-refractivity contribution is -0.118. The van der Waals surface area contributed by atoms with E-state index in [2.05, 4.69) is 4.98 Å². The van der Waals surface area contributed by atoms with Crippen LogP contribution in [0.2, 0.25) is 0 Å². The Morgan fingerprint density at radius 3 is 2.38 bits per heavy atom. The minimum Gasteiger partial charge on any atom is -0.284 e. The fourth-order valence-corrected chi connectivity index (χ4v) is 5.78. The highest BCUT2D eigenvalue weighted by molar-refractivity contribution is 7.99. The Labute approximate surface area is 196 Å². The molecule has 164 valence electrons. The van der Waals surface area contributed by atoms with Crippen molar-refractivity contribution in [3.8, 4) is 0 Å². The average Bonchev–Trinajstić information content (AvgIpc) is 3.21. The lowest BCUT2D eigenvalue weighted by Crippen LogP contribution is -2.30. The maximum absolute atomic E-state index is 13.2. The van der Waals surface area contributed by atoms with Crippen LogP contribution in [-0.2, 0) is 21.2 Å². The molecule has 0 aliphatic rings. The van der Waals surface area contributed by atoms with Crippen LogP contribution in [0.15, 0.2) is 88.7 Å². The highest BCUT2D eigenvalue weighted by Crippen LogP contribution is 2.32. The van der Waals surface area contributed by atoms with Gasteiger partial charge in [-0.15, -0.1) is 11.8 Å².